The zero-order chi connectivity index (χ0) is 23.2. The molecule has 0 radical (unpaired) electrons. The van der Waals surface area contributed by atoms with Crippen LogP contribution in [0.3, 0.4) is 0 Å². The minimum absolute atomic E-state index is 0.0703. The number of nitrogens with one attached hydrogen (secondary N) is 2. The summed E-state index contributed by atoms with van der Waals surface area (Å²) in [6.07, 6.45) is 7.45. The summed E-state index contributed by atoms with van der Waals surface area (Å²) < 4.78 is 29.1. The molecule has 1 spiro atoms. The second-order valence-electron chi connectivity index (χ2n) is 12.4. The second kappa shape index (κ2) is 6.49. The Morgan fingerprint density at radius 3 is 2.31 bits per heavy atom. The maximum Gasteiger partial charge on any atom is 0.264 e. The van der Waals surface area contributed by atoms with Gasteiger partial charge in [0.1, 0.15) is 0 Å². The molecule has 3 aliphatic carbocycles. The van der Waals surface area contributed by atoms with Crippen LogP contribution in [0.15, 0.2) is 57.1 Å². The van der Waals surface area contributed by atoms with Gasteiger partial charge in [0.25, 0.3) is 10.0 Å². The zero-order valence-corrected chi connectivity index (χ0v) is 20.9. The maximum absolute atomic E-state index is 13.2. The number of nitrogens with zero attached hydrogens (tertiary/aromatic N) is 1. The lowest BCUT2D eigenvalue weighted by molar-refractivity contribution is 0.0726. The lowest BCUT2D eigenvalue weighted by atomic mass is 9.50. The molecule has 6 heteroatoms. The predicted octanol–water partition coefficient (Wildman–Crippen LogP) is 5.20. The van der Waals surface area contributed by atoms with E-state index in [-0.39, 0.29) is 26.7 Å². The second-order valence-corrected chi connectivity index (χ2v) is 14.1. The fraction of sp³-hybridized carbons (Fsp3) is 0.577. The monoisotopic (exact) mass is 453 g/mol. The number of guanidine groups is 1. The summed E-state index contributed by atoms with van der Waals surface area (Å²) in [4.78, 5) is 5.43. The number of fused-ring (bicyclic) bond motifs is 1. The van der Waals surface area contributed by atoms with Crippen LogP contribution in [0.5, 0.6) is 0 Å². The maximum atomic E-state index is 13.2. The van der Waals surface area contributed by atoms with Crippen LogP contribution in [0.1, 0.15) is 72.3 Å². The number of rotatable bonds is 2. The van der Waals surface area contributed by atoms with E-state index in [4.69, 9.17) is 4.99 Å². The van der Waals surface area contributed by atoms with Gasteiger partial charge in [0.05, 0.1) is 10.4 Å². The molecular weight excluding hydrogens is 418 g/mol. The van der Waals surface area contributed by atoms with Gasteiger partial charge in [-0.2, -0.15) is 0 Å². The van der Waals surface area contributed by atoms with Gasteiger partial charge >= 0.3 is 0 Å². The molecule has 5 rings (SSSR count). The summed E-state index contributed by atoms with van der Waals surface area (Å²) in [6.45, 7) is 13.5. The van der Waals surface area contributed by atoms with Crippen molar-refractivity contribution in [1.29, 1.82) is 0 Å². The van der Waals surface area contributed by atoms with E-state index in [0.717, 1.165) is 43.4 Å². The third-order valence-electron chi connectivity index (χ3n) is 7.44. The largest absolute Gasteiger partial charge is 0.329 e. The quantitative estimate of drug-likeness (QED) is 0.646. The molecule has 0 saturated heterocycles. The summed E-state index contributed by atoms with van der Waals surface area (Å²) in [7, 11) is -3.73. The number of allylic oxidation sites excluding steroid dienone is 2. The number of sulfonamides is 1. The molecule has 1 aromatic carbocycles. The first-order valence-corrected chi connectivity index (χ1v) is 13.1. The number of hydrogen-bond donors (Lipinski definition) is 2. The van der Waals surface area contributed by atoms with E-state index >= 15 is 0 Å². The third-order valence-corrected chi connectivity index (χ3v) is 8.80. The van der Waals surface area contributed by atoms with Gasteiger partial charge in [0, 0.05) is 11.3 Å². The molecule has 1 aliphatic heterocycles. The molecular formula is C26H35N3O2S. The molecule has 172 valence electrons. The summed E-state index contributed by atoms with van der Waals surface area (Å²) in [5, 5.41) is 3.41. The number of aliphatic imine (C=N–C) groups is 1. The Kier molecular flexibility index (Phi) is 4.41. The molecule has 2 N–H and O–H groups in total. The van der Waals surface area contributed by atoms with E-state index in [1.165, 1.54) is 11.1 Å². The van der Waals surface area contributed by atoms with Gasteiger partial charge in [-0.3, -0.25) is 0 Å². The molecule has 2 atom stereocenters. The normalized spacial score (nSPS) is 32.3. The summed E-state index contributed by atoms with van der Waals surface area (Å²) in [6, 6.07) is 6.94. The highest BCUT2D eigenvalue weighted by Crippen LogP contribution is 2.63. The molecule has 32 heavy (non-hydrogen) atoms. The molecule has 5 nitrogen and oxygen atoms in total. The number of aryl methyl sites for hydroxylation is 1. The van der Waals surface area contributed by atoms with Crippen molar-refractivity contribution in [2.24, 2.45) is 21.2 Å². The van der Waals surface area contributed by atoms with Crippen LogP contribution >= 0.6 is 0 Å². The lowest BCUT2D eigenvalue weighted by Gasteiger charge is -2.58. The molecule has 2 bridgehead atoms. The van der Waals surface area contributed by atoms with Gasteiger partial charge in [0.2, 0.25) is 5.96 Å². The highest BCUT2D eigenvalue weighted by molar-refractivity contribution is 7.90. The Morgan fingerprint density at radius 2 is 1.62 bits per heavy atom. The van der Waals surface area contributed by atoms with Crippen molar-refractivity contribution >= 4 is 16.0 Å². The van der Waals surface area contributed by atoms with Crippen LogP contribution in [-0.4, -0.2) is 19.9 Å². The highest BCUT2D eigenvalue weighted by atomic mass is 32.2. The molecule has 1 heterocycles. The minimum Gasteiger partial charge on any atom is -0.329 e. The third kappa shape index (κ3) is 3.60. The number of benzene rings is 1. The van der Waals surface area contributed by atoms with Crippen molar-refractivity contribution in [2.45, 2.75) is 84.1 Å². The molecule has 1 fully saturated rings. The Labute approximate surface area is 192 Å². The molecule has 1 aromatic rings. The van der Waals surface area contributed by atoms with Gasteiger partial charge in [-0.25, -0.2) is 18.1 Å². The van der Waals surface area contributed by atoms with E-state index in [2.05, 4.69) is 50.7 Å². The Balaban J connectivity index is 1.61. The van der Waals surface area contributed by atoms with Crippen molar-refractivity contribution in [2.75, 3.05) is 0 Å². The molecule has 2 unspecified atom stereocenters. The fourth-order valence-electron chi connectivity index (χ4n) is 7.15. The van der Waals surface area contributed by atoms with Gasteiger partial charge in [-0.1, -0.05) is 58.4 Å². The summed E-state index contributed by atoms with van der Waals surface area (Å²) >= 11 is 0. The zero-order valence-electron chi connectivity index (χ0n) is 20.1. The number of hydrogen-bond acceptors (Lipinski definition) is 4. The van der Waals surface area contributed by atoms with Gasteiger partial charge in [0.15, 0.2) is 0 Å². The summed E-state index contributed by atoms with van der Waals surface area (Å²) in [5.74, 6) is 0.364. The van der Waals surface area contributed by atoms with E-state index in [0.29, 0.717) is 5.96 Å². The van der Waals surface area contributed by atoms with Crippen LogP contribution in [-0.2, 0) is 10.0 Å². The Bertz CT molecular complexity index is 1190. The summed E-state index contributed by atoms with van der Waals surface area (Å²) in [5.41, 5.74) is 4.86. The van der Waals surface area contributed by atoms with Crippen molar-refractivity contribution in [1.82, 2.24) is 10.0 Å². The van der Waals surface area contributed by atoms with Crippen LogP contribution in [0, 0.1) is 23.2 Å². The smallest absolute Gasteiger partial charge is 0.264 e. The highest BCUT2D eigenvalue weighted by Gasteiger charge is 2.57. The van der Waals surface area contributed by atoms with E-state index in [1.54, 1.807) is 12.1 Å². The average molecular weight is 454 g/mol. The molecule has 4 aliphatic rings. The fourth-order valence-corrected chi connectivity index (χ4v) is 8.11. The topological polar surface area (TPSA) is 70.6 Å². The van der Waals surface area contributed by atoms with Crippen molar-refractivity contribution in [3.63, 3.8) is 0 Å². The van der Waals surface area contributed by atoms with Crippen LogP contribution in [0.2, 0.25) is 0 Å². The van der Waals surface area contributed by atoms with E-state index in [9.17, 15) is 8.42 Å². The van der Waals surface area contributed by atoms with Crippen molar-refractivity contribution in [3.8, 4) is 0 Å². The average Bonchev–Trinajstić information content (AvgIpc) is 2.56. The van der Waals surface area contributed by atoms with Gasteiger partial charge in [-0.05, 0) is 73.0 Å². The lowest BCUT2D eigenvalue weighted by Crippen LogP contribution is -2.57. The first-order chi connectivity index (χ1) is 14.7. The first-order valence-electron chi connectivity index (χ1n) is 11.6. The molecule has 1 saturated carbocycles. The van der Waals surface area contributed by atoms with Crippen LogP contribution in [0.4, 0.5) is 0 Å². The molecule has 0 aromatic heterocycles. The minimum atomic E-state index is -3.73. The SMILES string of the molecule is Cc1ccc(S(=O)(=O)NC2=NC34CC(C)(C)CC(C)(C=C5CC(C)(C)CC(=C53)N2)C4)cc1. The first kappa shape index (κ1) is 21.7. The van der Waals surface area contributed by atoms with Crippen molar-refractivity contribution in [3.05, 3.63) is 52.7 Å². The van der Waals surface area contributed by atoms with E-state index in [1.807, 2.05) is 19.1 Å². The van der Waals surface area contributed by atoms with Gasteiger partial charge in [-0.15, -0.1) is 0 Å². The van der Waals surface area contributed by atoms with Crippen LogP contribution in [0.25, 0.3) is 0 Å². The predicted molar refractivity (Wildman–Crippen MR) is 129 cm³/mol. The molecule has 0 amide bonds. The van der Waals surface area contributed by atoms with Crippen molar-refractivity contribution < 1.29 is 8.42 Å². The Hall–Kier alpha value is -2.08. The van der Waals surface area contributed by atoms with E-state index < -0.39 is 10.0 Å². The Morgan fingerprint density at radius 1 is 0.938 bits per heavy atom. The standard InChI is InChI=1S/C26H35N3O2S/c1-17-7-9-19(10-8-17)32(30,31)29-22-27-20-13-23(2,3)11-18-12-25(6)14-24(4,5)15-26(16-25,28-22)21(18)20/h7-10,12H,11,13-16H2,1-6H3,(H2,27,28,29). The van der Waals surface area contributed by atoms with Gasteiger partial charge < -0.3 is 5.32 Å². The van der Waals surface area contributed by atoms with Crippen LogP contribution < -0.4 is 10.0 Å².